The highest BCUT2D eigenvalue weighted by molar-refractivity contribution is 5.54. The van der Waals surface area contributed by atoms with Gasteiger partial charge < -0.3 is 9.47 Å². The minimum Gasteiger partial charge on any atom is -0.459 e. The zero-order chi connectivity index (χ0) is 13.2. The van der Waals surface area contributed by atoms with E-state index in [0.29, 0.717) is 12.2 Å². The van der Waals surface area contributed by atoms with Gasteiger partial charge in [0, 0.05) is 12.0 Å². The van der Waals surface area contributed by atoms with E-state index in [4.69, 9.17) is 9.47 Å². The summed E-state index contributed by atoms with van der Waals surface area (Å²) in [5.41, 5.74) is 2.08. The minimum absolute atomic E-state index is 0.222. The van der Waals surface area contributed by atoms with Crippen LogP contribution >= 0.6 is 0 Å². The highest BCUT2D eigenvalue weighted by Crippen LogP contribution is 2.19. The lowest BCUT2D eigenvalue weighted by atomic mass is 10.1. The topological polar surface area (TPSA) is 62.1 Å². The Hall–Kier alpha value is -2.37. The van der Waals surface area contributed by atoms with Crippen molar-refractivity contribution in [3.05, 3.63) is 41.9 Å². The standard InChI is InChI=1S/C13H14N4O2/c1-9-8-18-12(19-9)7-10-3-5-11(6-4-10)13-14-16-17(2)15-13/h3-6,8,12H,7H2,1-2H3. The summed E-state index contributed by atoms with van der Waals surface area (Å²) in [4.78, 5) is 1.44. The molecular formula is C13H14N4O2. The third kappa shape index (κ3) is 2.57. The summed E-state index contributed by atoms with van der Waals surface area (Å²) in [6.45, 7) is 1.88. The molecule has 0 fully saturated rings. The Labute approximate surface area is 110 Å². The molecule has 0 saturated carbocycles. The van der Waals surface area contributed by atoms with Crippen LogP contribution in [0.2, 0.25) is 0 Å². The van der Waals surface area contributed by atoms with Crippen molar-refractivity contribution in [1.82, 2.24) is 20.2 Å². The first kappa shape index (κ1) is 11.7. The largest absolute Gasteiger partial charge is 0.459 e. The van der Waals surface area contributed by atoms with Crippen LogP contribution in [0.15, 0.2) is 36.3 Å². The first-order valence-electron chi connectivity index (χ1n) is 6.03. The molecule has 0 radical (unpaired) electrons. The van der Waals surface area contributed by atoms with Crippen LogP contribution in [-0.2, 0) is 22.9 Å². The third-order valence-corrected chi connectivity index (χ3v) is 2.83. The van der Waals surface area contributed by atoms with Gasteiger partial charge in [-0.3, -0.25) is 0 Å². The van der Waals surface area contributed by atoms with E-state index >= 15 is 0 Å². The van der Waals surface area contributed by atoms with Gasteiger partial charge in [0.1, 0.15) is 12.0 Å². The summed E-state index contributed by atoms with van der Waals surface area (Å²) in [6, 6.07) is 7.99. The van der Waals surface area contributed by atoms with Crippen molar-refractivity contribution in [2.45, 2.75) is 19.6 Å². The Morgan fingerprint density at radius 1 is 1.26 bits per heavy atom. The molecule has 0 N–H and O–H groups in total. The summed E-state index contributed by atoms with van der Waals surface area (Å²) < 4.78 is 10.8. The molecule has 1 aliphatic rings. The van der Waals surface area contributed by atoms with Crippen molar-refractivity contribution in [1.29, 1.82) is 0 Å². The number of aryl methyl sites for hydroxylation is 1. The molecule has 19 heavy (non-hydrogen) atoms. The van der Waals surface area contributed by atoms with Crippen molar-refractivity contribution in [3.63, 3.8) is 0 Å². The van der Waals surface area contributed by atoms with Crippen molar-refractivity contribution >= 4 is 0 Å². The van der Waals surface area contributed by atoms with E-state index in [1.165, 1.54) is 4.80 Å². The van der Waals surface area contributed by atoms with E-state index in [1.807, 2.05) is 31.2 Å². The van der Waals surface area contributed by atoms with Crippen LogP contribution in [0.4, 0.5) is 0 Å². The molecule has 1 aromatic carbocycles. The van der Waals surface area contributed by atoms with Gasteiger partial charge in [-0.05, 0) is 17.7 Å². The average Bonchev–Trinajstić information content (AvgIpc) is 3.00. The van der Waals surface area contributed by atoms with E-state index < -0.39 is 0 Å². The molecule has 2 aromatic rings. The molecule has 6 nitrogen and oxygen atoms in total. The third-order valence-electron chi connectivity index (χ3n) is 2.83. The molecule has 1 unspecified atom stereocenters. The molecule has 0 spiro atoms. The average molecular weight is 258 g/mol. The normalized spacial score (nSPS) is 17.8. The predicted molar refractivity (Wildman–Crippen MR) is 67.7 cm³/mol. The van der Waals surface area contributed by atoms with Gasteiger partial charge in [-0.1, -0.05) is 24.3 Å². The number of hydrogen-bond acceptors (Lipinski definition) is 5. The lowest BCUT2D eigenvalue weighted by Crippen LogP contribution is -2.11. The van der Waals surface area contributed by atoms with E-state index in [1.54, 1.807) is 13.3 Å². The Bertz CT molecular complexity index is 603. The molecule has 3 rings (SSSR count). The zero-order valence-corrected chi connectivity index (χ0v) is 10.8. The molecule has 1 aliphatic heterocycles. The quantitative estimate of drug-likeness (QED) is 0.837. The molecule has 0 saturated heterocycles. The van der Waals surface area contributed by atoms with Gasteiger partial charge in [-0.25, -0.2) is 0 Å². The fourth-order valence-electron chi connectivity index (χ4n) is 1.91. The van der Waals surface area contributed by atoms with Crippen molar-refractivity contribution < 1.29 is 9.47 Å². The number of benzene rings is 1. The molecule has 0 aliphatic carbocycles. The molecule has 98 valence electrons. The van der Waals surface area contributed by atoms with Crippen LogP contribution in [0, 0.1) is 0 Å². The molecule has 1 atom stereocenters. The smallest absolute Gasteiger partial charge is 0.244 e. The van der Waals surface area contributed by atoms with Crippen LogP contribution in [-0.4, -0.2) is 26.5 Å². The zero-order valence-electron chi connectivity index (χ0n) is 10.8. The van der Waals surface area contributed by atoms with E-state index in [-0.39, 0.29) is 6.29 Å². The van der Waals surface area contributed by atoms with Crippen molar-refractivity contribution in [2.24, 2.45) is 7.05 Å². The molecule has 0 bridgehead atoms. The highest BCUT2D eigenvalue weighted by Gasteiger charge is 2.17. The number of hydrogen-bond donors (Lipinski definition) is 0. The fourth-order valence-corrected chi connectivity index (χ4v) is 1.91. The second-order valence-electron chi connectivity index (χ2n) is 4.42. The maximum Gasteiger partial charge on any atom is 0.244 e. The van der Waals surface area contributed by atoms with E-state index in [0.717, 1.165) is 16.9 Å². The van der Waals surface area contributed by atoms with Gasteiger partial charge in [-0.15, -0.1) is 10.2 Å². The number of tetrazole rings is 1. The molecule has 0 amide bonds. The Kier molecular flexibility index (Phi) is 2.91. The van der Waals surface area contributed by atoms with Crippen molar-refractivity contribution in [2.75, 3.05) is 0 Å². The highest BCUT2D eigenvalue weighted by atomic mass is 16.7. The fraction of sp³-hybridized carbons (Fsp3) is 0.308. The van der Waals surface area contributed by atoms with Crippen LogP contribution in [0.5, 0.6) is 0 Å². The maximum absolute atomic E-state index is 5.48. The first-order chi connectivity index (χ1) is 9.20. The molecule has 2 heterocycles. The Morgan fingerprint density at radius 2 is 2.05 bits per heavy atom. The second kappa shape index (κ2) is 4.72. The van der Waals surface area contributed by atoms with Crippen LogP contribution in [0.3, 0.4) is 0 Å². The first-order valence-corrected chi connectivity index (χ1v) is 6.03. The van der Waals surface area contributed by atoms with Gasteiger partial charge in [0.15, 0.2) is 0 Å². The van der Waals surface area contributed by atoms with Gasteiger partial charge in [0.05, 0.1) is 7.05 Å². The monoisotopic (exact) mass is 258 g/mol. The number of nitrogens with zero attached hydrogens (tertiary/aromatic N) is 4. The van der Waals surface area contributed by atoms with Gasteiger partial charge in [0.25, 0.3) is 0 Å². The molecule has 1 aromatic heterocycles. The van der Waals surface area contributed by atoms with Crippen LogP contribution in [0.25, 0.3) is 11.4 Å². The van der Waals surface area contributed by atoms with E-state index in [9.17, 15) is 0 Å². The summed E-state index contributed by atoms with van der Waals surface area (Å²) in [5, 5.41) is 11.9. The van der Waals surface area contributed by atoms with Crippen LogP contribution in [0.1, 0.15) is 12.5 Å². The molecule has 6 heteroatoms. The van der Waals surface area contributed by atoms with Gasteiger partial charge in [0.2, 0.25) is 12.1 Å². The van der Waals surface area contributed by atoms with Gasteiger partial charge >= 0.3 is 0 Å². The van der Waals surface area contributed by atoms with Crippen molar-refractivity contribution in [3.8, 4) is 11.4 Å². The SMILES string of the molecule is CC1=COC(Cc2ccc(-c3nnn(C)n3)cc2)O1. The lowest BCUT2D eigenvalue weighted by molar-refractivity contribution is -0.0292. The van der Waals surface area contributed by atoms with Crippen LogP contribution < -0.4 is 0 Å². The molecular weight excluding hydrogens is 244 g/mol. The number of allylic oxidation sites excluding steroid dienone is 1. The number of aromatic nitrogens is 4. The second-order valence-corrected chi connectivity index (χ2v) is 4.42. The summed E-state index contributed by atoms with van der Waals surface area (Å²) in [6.07, 6.45) is 2.13. The Balaban J connectivity index is 1.69. The van der Waals surface area contributed by atoms with Gasteiger partial charge in [-0.2, -0.15) is 4.80 Å². The minimum atomic E-state index is -0.222. The summed E-state index contributed by atoms with van der Waals surface area (Å²) in [5.74, 6) is 1.44. The lowest BCUT2D eigenvalue weighted by Gasteiger charge is -2.11. The number of rotatable bonds is 3. The summed E-state index contributed by atoms with van der Waals surface area (Å²) in [7, 11) is 1.75. The number of ether oxygens (including phenoxy) is 2. The maximum atomic E-state index is 5.48. The Morgan fingerprint density at radius 3 is 2.63 bits per heavy atom. The summed E-state index contributed by atoms with van der Waals surface area (Å²) >= 11 is 0. The van der Waals surface area contributed by atoms with E-state index in [2.05, 4.69) is 15.4 Å². The predicted octanol–water partition coefficient (Wildman–Crippen LogP) is 1.65.